The van der Waals surface area contributed by atoms with Gasteiger partial charge in [-0.25, -0.2) is 9.78 Å². The van der Waals surface area contributed by atoms with Gasteiger partial charge in [0.15, 0.2) is 5.13 Å². The first kappa shape index (κ1) is 22.0. The Morgan fingerprint density at radius 1 is 1.17 bits per heavy atom. The zero-order valence-electron chi connectivity index (χ0n) is 17.5. The smallest absolute Gasteiger partial charge is 0.315 e. The van der Waals surface area contributed by atoms with Gasteiger partial charge in [0.2, 0.25) is 5.91 Å². The van der Waals surface area contributed by atoms with Crippen molar-refractivity contribution in [2.24, 2.45) is 5.92 Å². The number of nitrogens with zero attached hydrogens (tertiary/aromatic N) is 2. The molecule has 1 aromatic rings. The van der Waals surface area contributed by atoms with Crippen molar-refractivity contribution in [2.75, 3.05) is 25.0 Å². The van der Waals surface area contributed by atoms with E-state index in [0.29, 0.717) is 30.6 Å². The Labute approximate surface area is 178 Å². The average molecular weight is 422 g/mol. The van der Waals surface area contributed by atoms with Crippen LogP contribution in [0.1, 0.15) is 70.4 Å². The van der Waals surface area contributed by atoms with Crippen LogP contribution in [0.3, 0.4) is 0 Å². The van der Waals surface area contributed by atoms with Crippen LogP contribution >= 0.6 is 11.3 Å². The first-order chi connectivity index (χ1) is 14.1. The van der Waals surface area contributed by atoms with Crippen LogP contribution in [-0.2, 0) is 11.3 Å². The van der Waals surface area contributed by atoms with E-state index in [1.165, 1.54) is 43.4 Å². The number of hydrogen-bond acceptors (Lipinski definition) is 5. The highest BCUT2D eigenvalue weighted by molar-refractivity contribution is 7.13. The molecular weight excluding hydrogens is 386 g/mol. The summed E-state index contributed by atoms with van der Waals surface area (Å²) < 4.78 is 0. The van der Waals surface area contributed by atoms with Crippen LogP contribution in [0.4, 0.5) is 9.93 Å². The number of carbonyl (C=O) groups is 2. The second-order valence-electron chi connectivity index (χ2n) is 8.49. The van der Waals surface area contributed by atoms with Crippen LogP contribution in [-0.4, -0.2) is 47.5 Å². The van der Waals surface area contributed by atoms with Crippen molar-refractivity contribution in [3.63, 3.8) is 0 Å². The third kappa shape index (κ3) is 7.93. The Morgan fingerprint density at radius 3 is 2.69 bits per heavy atom. The lowest BCUT2D eigenvalue weighted by Gasteiger charge is -2.29. The summed E-state index contributed by atoms with van der Waals surface area (Å²) in [5.74, 6) is 0.775. The van der Waals surface area contributed by atoms with Gasteiger partial charge in [-0.05, 0) is 51.1 Å². The maximum Gasteiger partial charge on any atom is 0.315 e. The average Bonchev–Trinajstić information content (AvgIpc) is 3.14. The summed E-state index contributed by atoms with van der Waals surface area (Å²) in [4.78, 5) is 31.0. The summed E-state index contributed by atoms with van der Waals surface area (Å²) >= 11 is 1.48. The number of hydrogen-bond donors (Lipinski definition) is 3. The van der Waals surface area contributed by atoms with Crippen LogP contribution in [0.25, 0.3) is 0 Å². The zero-order valence-corrected chi connectivity index (χ0v) is 18.4. The molecule has 8 heteroatoms. The van der Waals surface area contributed by atoms with Gasteiger partial charge in [-0.3, -0.25) is 9.69 Å². The Kier molecular flexibility index (Phi) is 8.73. The normalized spacial score (nSPS) is 19.1. The molecule has 1 saturated heterocycles. The Bertz CT molecular complexity index is 651. The molecular formula is C21H35N5O2S. The molecule has 0 spiro atoms. The molecule has 0 radical (unpaired) electrons. The zero-order chi connectivity index (χ0) is 20.5. The molecule has 0 bridgehead atoms. The number of carbonyl (C=O) groups excluding carboxylic acids is 2. The Balaban J connectivity index is 1.27. The van der Waals surface area contributed by atoms with Gasteiger partial charge in [0.05, 0.1) is 5.69 Å². The van der Waals surface area contributed by atoms with E-state index in [1.54, 1.807) is 0 Å². The van der Waals surface area contributed by atoms with Gasteiger partial charge in [0.25, 0.3) is 0 Å². The number of piperidine rings is 1. The summed E-state index contributed by atoms with van der Waals surface area (Å²) in [6.45, 7) is 5.93. The second-order valence-corrected chi connectivity index (χ2v) is 9.35. The first-order valence-electron chi connectivity index (χ1n) is 11.1. The quantitative estimate of drug-likeness (QED) is 0.558. The van der Waals surface area contributed by atoms with E-state index in [2.05, 4.69) is 32.8 Å². The highest BCUT2D eigenvalue weighted by Crippen LogP contribution is 2.21. The van der Waals surface area contributed by atoms with Gasteiger partial charge in [-0.2, -0.15) is 0 Å². The van der Waals surface area contributed by atoms with Crippen LogP contribution < -0.4 is 16.0 Å². The minimum absolute atomic E-state index is 0.0489. The monoisotopic (exact) mass is 421 g/mol. The van der Waals surface area contributed by atoms with E-state index in [4.69, 9.17) is 0 Å². The van der Waals surface area contributed by atoms with Crippen molar-refractivity contribution in [1.82, 2.24) is 20.5 Å². The number of rotatable bonds is 8. The van der Waals surface area contributed by atoms with Gasteiger partial charge in [-0.15, -0.1) is 11.3 Å². The Morgan fingerprint density at radius 2 is 1.93 bits per heavy atom. The lowest BCUT2D eigenvalue weighted by Crippen LogP contribution is -2.43. The standard InChI is InChI=1S/C21H35N5O2S/c1-16-9-12-26(13-10-16)14-18-15-29-21(24-18)25-19(27)8-5-11-22-20(28)23-17-6-3-2-4-7-17/h15-17H,2-14H2,1H3,(H2,22,23,28)(H,24,25,27). The molecule has 3 N–H and O–H groups in total. The van der Waals surface area contributed by atoms with Gasteiger partial charge in [0, 0.05) is 30.9 Å². The summed E-state index contributed by atoms with van der Waals surface area (Å²) in [5, 5.41) is 11.5. The molecule has 1 saturated carbocycles. The van der Waals surface area contributed by atoms with Crippen molar-refractivity contribution in [3.8, 4) is 0 Å². The molecule has 2 heterocycles. The molecule has 7 nitrogen and oxygen atoms in total. The van der Waals surface area contributed by atoms with Gasteiger partial charge in [-0.1, -0.05) is 26.2 Å². The molecule has 0 atom stereocenters. The van der Waals surface area contributed by atoms with Gasteiger partial charge >= 0.3 is 6.03 Å². The number of urea groups is 1. The number of nitrogens with one attached hydrogen (secondary N) is 3. The number of thiazole rings is 1. The van der Waals surface area contributed by atoms with Crippen molar-refractivity contribution in [2.45, 2.75) is 77.3 Å². The molecule has 162 valence electrons. The fourth-order valence-corrected chi connectivity index (χ4v) is 4.72. The van der Waals surface area contributed by atoms with Crippen LogP contribution in [0.15, 0.2) is 5.38 Å². The SMILES string of the molecule is CC1CCN(Cc2csc(NC(=O)CCCNC(=O)NC3CCCCC3)n2)CC1. The predicted octanol–water partition coefficient (Wildman–Crippen LogP) is 3.73. The number of aromatic nitrogens is 1. The third-order valence-electron chi connectivity index (χ3n) is 5.87. The molecule has 2 fully saturated rings. The van der Waals surface area contributed by atoms with Crippen molar-refractivity contribution in [1.29, 1.82) is 0 Å². The first-order valence-corrected chi connectivity index (χ1v) is 12.0. The summed E-state index contributed by atoms with van der Waals surface area (Å²) in [6, 6.07) is 0.188. The molecule has 1 aliphatic carbocycles. The predicted molar refractivity (Wildman–Crippen MR) is 117 cm³/mol. The molecule has 3 rings (SSSR count). The fraction of sp³-hybridized carbons (Fsp3) is 0.762. The number of amides is 3. The Hall–Kier alpha value is -1.67. The number of anilines is 1. The van der Waals surface area contributed by atoms with E-state index in [-0.39, 0.29) is 11.9 Å². The maximum absolute atomic E-state index is 12.1. The van der Waals surface area contributed by atoms with E-state index in [9.17, 15) is 9.59 Å². The molecule has 3 amide bonds. The second kappa shape index (κ2) is 11.5. The fourth-order valence-electron chi connectivity index (χ4n) is 4.00. The molecule has 2 aliphatic rings. The largest absolute Gasteiger partial charge is 0.338 e. The van der Waals surface area contributed by atoms with E-state index < -0.39 is 0 Å². The summed E-state index contributed by atoms with van der Waals surface area (Å²) in [6.07, 6.45) is 9.30. The maximum atomic E-state index is 12.1. The van der Waals surface area contributed by atoms with Crippen LogP contribution in [0.5, 0.6) is 0 Å². The van der Waals surface area contributed by atoms with Crippen molar-refractivity contribution < 1.29 is 9.59 Å². The lowest BCUT2D eigenvalue weighted by atomic mass is 9.96. The van der Waals surface area contributed by atoms with E-state index >= 15 is 0 Å². The van der Waals surface area contributed by atoms with Crippen LogP contribution in [0, 0.1) is 5.92 Å². The van der Waals surface area contributed by atoms with Gasteiger partial charge in [0.1, 0.15) is 0 Å². The van der Waals surface area contributed by atoms with E-state index in [0.717, 1.165) is 44.1 Å². The van der Waals surface area contributed by atoms with E-state index in [1.807, 2.05) is 5.38 Å². The van der Waals surface area contributed by atoms with Gasteiger partial charge < -0.3 is 16.0 Å². The topological polar surface area (TPSA) is 86.4 Å². The molecule has 1 aliphatic heterocycles. The van der Waals surface area contributed by atoms with Crippen molar-refractivity contribution >= 4 is 28.4 Å². The highest BCUT2D eigenvalue weighted by atomic mass is 32.1. The number of likely N-dealkylation sites (tertiary alicyclic amines) is 1. The lowest BCUT2D eigenvalue weighted by molar-refractivity contribution is -0.116. The molecule has 0 aromatic carbocycles. The van der Waals surface area contributed by atoms with Crippen LogP contribution in [0.2, 0.25) is 0 Å². The molecule has 1 aromatic heterocycles. The summed E-state index contributed by atoms with van der Waals surface area (Å²) in [7, 11) is 0. The van der Waals surface area contributed by atoms with Crippen molar-refractivity contribution in [3.05, 3.63) is 11.1 Å². The highest BCUT2D eigenvalue weighted by Gasteiger charge is 2.17. The minimum atomic E-state index is -0.117. The minimum Gasteiger partial charge on any atom is -0.338 e. The molecule has 0 unspecified atom stereocenters. The third-order valence-corrected chi connectivity index (χ3v) is 6.67. The molecule has 29 heavy (non-hydrogen) atoms. The summed E-state index contributed by atoms with van der Waals surface area (Å²) in [5.41, 5.74) is 1.03.